The van der Waals surface area contributed by atoms with Crippen molar-refractivity contribution < 1.29 is 33.8 Å². The Kier molecular flexibility index (Phi) is 10.7. The Labute approximate surface area is 253 Å². The average molecular weight is 616 g/mol. The van der Waals surface area contributed by atoms with E-state index in [0.717, 1.165) is 6.42 Å². The molecule has 236 valence electrons. The fourth-order valence-corrected chi connectivity index (χ4v) is 8.51. The van der Waals surface area contributed by atoms with Gasteiger partial charge in [-0.05, 0) is 82.3 Å². The first-order valence-corrected chi connectivity index (χ1v) is 18.8. The highest BCUT2D eigenvalue weighted by Crippen LogP contribution is 2.54. The summed E-state index contributed by atoms with van der Waals surface area (Å²) in [4.78, 5) is 25.9. The number of oxime groups is 1. The summed E-state index contributed by atoms with van der Waals surface area (Å²) in [5, 5.41) is 24.0. The molecule has 3 aliphatic rings. The number of alkyl halides is 1. The van der Waals surface area contributed by atoms with Crippen molar-refractivity contribution in [3.05, 3.63) is 0 Å². The number of hydrogen-bond donors (Lipinski definition) is 2. The zero-order chi connectivity index (χ0) is 31.0. The van der Waals surface area contributed by atoms with Crippen LogP contribution in [0.2, 0.25) is 18.1 Å². The van der Waals surface area contributed by atoms with Gasteiger partial charge in [-0.15, -0.1) is 16.8 Å². The number of esters is 2. The van der Waals surface area contributed by atoms with Crippen LogP contribution in [-0.2, 0) is 23.5 Å². The molecule has 0 spiro atoms. The molecule has 1 heterocycles. The minimum absolute atomic E-state index is 0.00458. The summed E-state index contributed by atoms with van der Waals surface area (Å²) in [6, 6.07) is 0. The minimum atomic E-state index is -2.05. The Morgan fingerprint density at radius 3 is 2.46 bits per heavy atom. The third kappa shape index (κ3) is 7.50. The van der Waals surface area contributed by atoms with Crippen molar-refractivity contribution >= 4 is 38.1 Å². The van der Waals surface area contributed by atoms with E-state index < -0.39 is 36.7 Å². The van der Waals surface area contributed by atoms with Gasteiger partial charge in [-0.2, -0.15) is 0 Å². The van der Waals surface area contributed by atoms with Crippen LogP contribution in [0.1, 0.15) is 99.8 Å². The van der Waals surface area contributed by atoms with Gasteiger partial charge in [0.25, 0.3) is 0 Å². The van der Waals surface area contributed by atoms with Gasteiger partial charge in [0.15, 0.2) is 8.32 Å². The number of ether oxygens (including phenoxy) is 2. The van der Waals surface area contributed by atoms with Crippen LogP contribution in [0.25, 0.3) is 0 Å². The molecule has 0 aromatic carbocycles. The fraction of sp³-hybridized carbons (Fsp3) is 0.903. The summed E-state index contributed by atoms with van der Waals surface area (Å²) in [6.45, 7) is 18.8. The first kappa shape index (κ1) is 34.3. The second-order valence-corrected chi connectivity index (χ2v) is 20.3. The van der Waals surface area contributed by atoms with Crippen molar-refractivity contribution in [2.45, 2.75) is 147 Å². The average Bonchev–Trinajstić information content (AvgIpc) is 2.86. The van der Waals surface area contributed by atoms with Crippen molar-refractivity contribution in [2.75, 3.05) is 0 Å². The normalized spacial score (nSPS) is 37.0. The molecule has 3 rings (SSSR count). The Morgan fingerprint density at radius 1 is 1.22 bits per heavy atom. The molecule has 0 aromatic heterocycles. The number of halogens is 1. The largest absolute Gasteiger partial charge is 0.462 e. The van der Waals surface area contributed by atoms with Crippen LogP contribution >= 0.6 is 11.6 Å². The van der Waals surface area contributed by atoms with Gasteiger partial charge in [-0.3, -0.25) is 9.59 Å². The molecule has 10 heteroatoms. The molecule has 41 heavy (non-hydrogen) atoms. The Bertz CT molecular complexity index is 967. The van der Waals surface area contributed by atoms with Gasteiger partial charge in [0.2, 0.25) is 0 Å². The van der Waals surface area contributed by atoms with E-state index in [0.29, 0.717) is 38.5 Å². The lowest BCUT2D eigenvalue weighted by molar-refractivity contribution is -0.197. The summed E-state index contributed by atoms with van der Waals surface area (Å²) in [7, 11) is -2.05. The monoisotopic (exact) mass is 615 g/mol. The van der Waals surface area contributed by atoms with Crippen LogP contribution in [0.5, 0.6) is 0 Å². The van der Waals surface area contributed by atoms with Crippen LogP contribution in [0, 0.1) is 29.1 Å². The van der Waals surface area contributed by atoms with Crippen LogP contribution in [0.3, 0.4) is 0 Å². The lowest BCUT2D eigenvalue weighted by Crippen LogP contribution is -2.64. The van der Waals surface area contributed by atoms with Gasteiger partial charge in [-0.1, -0.05) is 34.6 Å². The molecule has 8 nitrogen and oxygen atoms in total. The molecule has 2 N–H and O–H groups in total. The lowest BCUT2D eigenvalue weighted by atomic mass is 9.55. The molecule has 0 amide bonds. The summed E-state index contributed by atoms with van der Waals surface area (Å²) >= 11 is 6.92. The zero-order valence-electron chi connectivity index (χ0n) is 26.6. The highest BCUT2D eigenvalue weighted by atomic mass is 35.5. The number of carbonyl (C=O) groups is 2. The standard InChI is InChI=1S/C31H54ClNO7Si/c1-10-30(6,7)28(35)39-24-15-20(18-33-37)27(32)31(36)14-13-19(2)23(26(24)31)12-11-21-16-22(17-25(34)38-21)40-41(8,9)29(3,4)5/h18-24,26-27,36-37H,10-17H2,1-9H3/t19-,20-,21+,22+,23-,24-,26-,27-,31-/m0/s1. The first-order valence-electron chi connectivity index (χ1n) is 15.5. The van der Waals surface area contributed by atoms with Crippen LogP contribution in [-0.4, -0.2) is 66.1 Å². The smallest absolute Gasteiger partial charge is 0.311 e. The van der Waals surface area contributed by atoms with E-state index in [9.17, 15) is 19.9 Å². The van der Waals surface area contributed by atoms with Crippen molar-refractivity contribution in [3.63, 3.8) is 0 Å². The number of aliphatic hydroxyl groups is 1. The maximum atomic E-state index is 13.3. The molecule has 0 radical (unpaired) electrons. The van der Waals surface area contributed by atoms with E-state index in [1.54, 1.807) is 0 Å². The number of rotatable bonds is 9. The van der Waals surface area contributed by atoms with Gasteiger partial charge in [0, 0.05) is 24.5 Å². The molecule has 0 unspecified atom stereocenters. The summed E-state index contributed by atoms with van der Waals surface area (Å²) in [6.07, 6.45) is 4.87. The van der Waals surface area contributed by atoms with E-state index in [-0.39, 0.29) is 53.4 Å². The molecule has 1 aliphatic heterocycles. The van der Waals surface area contributed by atoms with Crippen molar-refractivity contribution in [1.82, 2.24) is 0 Å². The van der Waals surface area contributed by atoms with Gasteiger partial charge >= 0.3 is 11.9 Å². The van der Waals surface area contributed by atoms with E-state index in [2.05, 4.69) is 45.9 Å². The maximum absolute atomic E-state index is 13.3. The first-order chi connectivity index (χ1) is 18.9. The molecule has 3 fully saturated rings. The van der Waals surface area contributed by atoms with Crippen LogP contribution in [0.4, 0.5) is 0 Å². The van der Waals surface area contributed by atoms with E-state index in [1.165, 1.54) is 6.21 Å². The minimum Gasteiger partial charge on any atom is -0.462 e. The number of nitrogens with zero attached hydrogens (tertiary/aromatic N) is 1. The van der Waals surface area contributed by atoms with E-state index in [1.807, 2.05) is 20.8 Å². The highest BCUT2D eigenvalue weighted by molar-refractivity contribution is 6.74. The number of hydrogen-bond acceptors (Lipinski definition) is 8. The summed E-state index contributed by atoms with van der Waals surface area (Å²) in [5.74, 6) is -1.09. The van der Waals surface area contributed by atoms with E-state index in [4.69, 9.17) is 25.5 Å². The van der Waals surface area contributed by atoms with Gasteiger partial charge in [0.1, 0.15) is 12.2 Å². The molecule has 9 atom stereocenters. The van der Waals surface area contributed by atoms with Crippen LogP contribution in [0.15, 0.2) is 5.16 Å². The molecule has 0 bridgehead atoms. The van der Waals surface area contributed by atoms with Crippen molar-refractivity contribution in [2.24, 2.45) is 34.2 Å². The van der Waals surface area contributed by atoms with Gasteiger partial charge in [0.05, 0.1) is 28.9 Å². The number of fused-ring (bicyclic) bond motifs is 1. The van der Waals surface area contributed by atoms with Crippen molar-refractivity contribution in [3.8, 4) is 0 Å². The predicted octanol–water partition coefficient (Wildman–Crippen LogP) is 6.69. The third-order valence-electron chi connectivity index (χ3n) is 10.8. The zero-order valence-corrected chi connectivity index (χ0v) is 28.4. The fourth-order valence-electron chi connectivity index (χ4n) is 6.72. The SMILES string of the molecule is CCC(C)(C)C(=O)O[C@H]1C[C@@H](C=NO)[C@H](Cl)[C@]2(O)CC[C@H](C)[C@H](CC[C@@H]3C[C@@H](O[Si](C)(C)C(C)(C)C)CC(=O)O3)[C@@H]12. The summed E-state index contributed by atoms with van der Waals surface area (Å²) < 4.78 is 18.6. The maximum Gasteiger partial charge on any atom is 0.311 e. The molecule has 1 saturated heterocycles. The third-order valence-corrected chi connectivity index (χ3v) is 16.0. The second-order valence-electron chi connectivity index (χ2n) is 15.1. The predicted molar refractivity (Wildman–Crippen MR) is 163 cm³/mol. The highest BCUT2D eigenvalue weighted by Gasteiger charge is 2.60. The molecule has 2 aliphatic carbocycles. The van der Waals surface area contributed by atoms with Gasteiger partial charge < -0.3 is 24.2 Å². The molecule has 2 saturated carbocycles. The lowest BCUT2D eigenvalue weighted by Gasteiger charge is -2.56. The quantitative estimate of drug-likeness (QED) is 0.0741. The second kappa shape index (κ2) is 12.8. The Balaban J connectivity index is 1.83. The molecule has 0 aromatic rings. The van der Waals surface area contributed by atoms with Crippen LogP contribution < -0.4 is 0 Å². The number of carbonyl (C=O) groups excluding carboxylic acids is 2. The molecular weight excluding hydrogens is 562 g/mol. The van der Waals surface area contributed by atoms with Gasteiger partial charge in [-0.25, -0.2) is 0 Å². The Hall–Kier alpha value is -1.16. The number of cyclic esters (lactones) is 1. The summed E-state index contributed by atoms with van der Waals surface area (Å²) in [5.41, 5.74) is -1.96. The topological polar surface area (TPSA) is 115 Å². The van der Waals surface area contributed by atoms with E-state index >= 15 is 0 Å². The van der Waals surface area contributed by atoms with Crippen molar-refractivity contribution in [1.29, 1.82) is 0 Å². The Morgan fingerprint density at radius 2 is 1.88 bits per heavy atom. The molecular formula is C31H54ClNO7Si.